The Morgan fingerprint density at radius 2 is 1.88 bits per heavy atom. The van der Waals surface area contributed by atoms with E-state index in [1.807, 2.05) is 0 Å². The normalized spacial score (nSPS) is 28.6. The van der Waals surface area contributed by atoms with Crippen LogP contribution >= 0.6 is 0 Å². The number of nitrogens with one attached hydrogen (secondary N) is 1. The topological polar surface area (TPSA) is 41.6 Å². The molecule has 1 saturated carbocycles. The van der Waals surface area contributed by atoms with Crippen LogP contribution in [0.2, 0.25) is 0 Å². The van der Waals surface area contributed by atoms with Gasteiger partial charge in [0.1, 0.15) is 6.04 Å². The van der Waals surface area contributed by atoms with Gasteiger partial charge in [-0.2, -0.15) is 0 Å². The zero-order valence-electron chi connectivity index (χ0n) is 16.2. The third-order valence-electron chi connectivity index (χ3n) is 6.92. The first kappa shape index (κ1) is 17.8. The lowest BCUT2D eigenvalue weighted by Gasteiger charge is -2.36. The maximum Gasteiger partial charge on any atom is 0.242 e. The van der Waals surface area contributed by atoms with E-state index < -0.39 is 0 Å². The van der Waals surface area contributed by atoms with Gasteiger partial charge in [0, 0.05) is 36.9 Å². The molecule has 1 atom stereocenters. The minimum absolute atomic E-state index is 0.127. The van der Waals surface area contributed by atoms with E-state index in [1.54, 1.807) is 0 Å². The Bertz CT molecular complexity index is 645. The van der Waals surface area contributed by atoms with E-state index in [4.69, 9.17) is 4.74 Å². The minimum atomic E-state index is -0.127. The molecule has 2 fully saturated rings. The molecule has 2 heterocycles. The quantitative estimate of drug-likeness (QED) is 0.899. The molecule has 1 spiro atoms. The Kier molecular flexibility index (Phi) is 4.96. The molecule has 26 heavy (non-hydrogen) atoms. The highest BCUT2D eigenvalue weighted by Crippen LogP contribution is 2.47. The van der Waals surface area contributed by atoms with E-state index in [0.717, 1.165) is 51.4 Å². The number of rotatable bonds is 3. The van der Waals surface area contributed by atoms with Crippen LogP contribution in [-0.2, 0) is 14.9 Å². The van der Waals surface area contributed by atoms with Crippen LogP contribution in [0.5, 0.6) is 0 Å². The van der Waals surface area contributed by atoms with E-state index in [1.165, 1.54) is 24.1 Å². The number of nitrogens with zero attached hydrogens (tertiary/aromatic N) is 1. The van der Waals surface area contributed by atoms with Crippen molar-refractivity contribution in [2.24, 2.45) is 5.92 Å². The van der Waals surface area contributed by atoms with Crippen molar-refractivity contribution < 1.29 is 9.53 Å². The minimum Gasteiger partial charge on any atom is -0.381 e. The summed E-state index contributed by atoms with van der Waals surface area (Å²) in [5.74, 6) is 0.989. The molecule has 4 rings (SSSR count). The Morgan fingerprint density at radius 3 is 2.62 bits per heavy atom. The number of carbonyl (C=O) groups is 1. The van der Waals surface area contributed by atoms with Crippen LogP contribution in [0.25, 0.3) is 0 Å². The molecule has 0 radical (unpaired) electrons. The molecule has 1 aromatic carbocycles. The number of fused-ring (bicyclic) bond motifs is 2. The van der Waals surface area contributed by atoms with E-state index in [2.05, 4.69) is 48.3 Å². The smallest absolute Gasteiger partial charge is 0.242 e. The summed E-state index contributed by atoms with van der Waals surface area (Å²) in [4.78, 5) is 15.3. The lowest BCUT2D eigenvalue weighted by molar-refractivity contribution is -0.123. The summed E-state index contributed by atoms with van der Waals surface area (Å²) in [7, 11) is 0. The van der Waals surface area contributed by atoms with E-state index >= 15 is 0 Å². The number of benzene rings is 1. The van der Waals surface area contributed by atoms with Gasteiger partial charge in [-0.15, -0.1) is 0 Å². The van der Waals surface area contributed by atoms with Gasteiger partial charge in [0.2, 0.25) is 5.91 Å². The molecule has 1 unspecified atom stereocenters. The van der Waals surface area contributed by atoms with Crippen molar-refractivity contribution in [1.29, 1.82) is 0 Å². The fourth-order valence-corrected chi connectivity index (χ4v) is 5.07. The number of hydrogen-bond acceptors (Lipinski definition) is 3. The first-order valence-corrected chi connectivity index (χ1v) is 10.3. The number of para-hydroxylation sites is 1. The van der Waals surface area contributed by atoms with Crippen LogP contribution in [0.1, 0.15) is 57.9 Å². The number of hydrogen-bond donors (Lipinski definition) is 1. The predicted octanol–water partition coefficient (Wildman–Crippen LogP) is 3.64. The van der Waals surface area contributed by atoms with Gasteiger partial charge in [-0.05, 0) is 63.0 Å². The summed E-state index contributed by atoms with van der Waals surface area (Å²) in [5.41, 5.74) is 2.81. The van der Waals surface area contributed by atoms with Crippen molar-refractivity contribution in [2.75, 3.05) is 24.7 Å². The van der Waals surface area contributed by atoms with Crippen LogP contribution in [0.15, 0.2) is 24.3 Å². The van der Waals surface area contributed by atoms with Crippen LogP contribution < -0.4 is 10.2 Å². The molecule has 0 aromatic heterocycles. The lowest BCUT2D eigenvalue weighted by atomic mass is 9.76. The summed E-state index contributed by atoms with van der Waals surface area (Å²) in [6.07, 6.45) is 6.81. The molecule has 2 aliphatic heterocycles. The van der Waals surface area contributed by atoms with Gasteiger partial charge in [-0.3, -0.25) is 4.79 Å². The third kappa shape index (κ3) is 3.24. The summed E-state index contributed by atoms with van der Waals surface area (Å²) in [6, 6.07) is 8.90. The molecule has 1 amide bonds. The zero-order chi connectivity index (χ0) is 18.1. The van der Waals surface area contributed by atoms with Gasteiger partial charge in [0.25, 0.3) is 0 Å². The molecule has 1 N–H and O–H groups in total. The standard InChI is InChI=1S/C22H32N2O2/c1-16-7-9-18(10-8-16)23-21(25)17(2)24-15-22(11-13-26-14-12-22)19-5-3-4-6-20(19)24/h3-6,16-18H,7-15H2,1-2H3,(H,23,25). The highest BCUT2D eigenvalue weighted by Gasteiger charge is 2.45. The van der Waals surface area contributed by atoms with Gasteiger partial charge in [-0.1, -0.05) is 25.1 Å². The summed E-state index contributed by atoms with van der Waals surface area (Å²) >= 11 is 0. The van der Waals surface area contributed by atoms with Crippen LogP contribution in [0, 0.1) is 5.92 Å². The second-order valence-electron chi connectivity index (χ2n) is 8.68. The molecule has 0 bridgehead atoms. The van der Waals surface area contributed by atoms with Crippen LogP contribution in [0.3, 0.4) is 0 Å². The second kappa shape index (κ2) is 7.22. The first-order valence-electron chi connectivity index (χ1n) is 10.3. The highest BCUT2D eigenvalue weighted by molar-refractivity contribution is 5.86. The van der Waals surface area contributed by atoms with Crippen molar-refractivity contribution in [2.45, 2.75) is 69.9 Å². The van der Waals surface area contributed by atoms with Crippen LogP contribution in [-0.4, -0.2) is 37.7 Å². The summed E-state index contributed by atoms with van der Waals surface area (Å²) < 4.78 is 5.63. The van der Waals surface area contributed by atoms with Gasteiger partial charge in [-0.25, -0.2) is 0 Å². The Morgan fingerprint density at radius 1 is 1.19 bits per heavy atom. The fourth-order valence-electron chi connectivity index (χ4n) is 5.07. The molecule has 142 valence electrons. The van der Waals surface area contributed by atoms with E-state index in [-0.39, 0.29) is 17.4 Å². The Balaban J connectivity index is 1.49. The van der Waals surface area contributed by atoms with Crippen molar-refractivity contribution in [3.8, 4) is 0 Å². The molecule has 4 nitrogen and oxygen atoms in total. The molecule has 4 heteroatoms. The van der Waals surface area contributed by atoms with E-state index in [0.29, 0.717) is 6.04 Å². The first-order chi connectivity index (χ1) is 12.6. The monoisotopic (exact) mass is 356 g/mol. The number of ether oxygens (including phenoxy) is 1. The molecular weight excluding hydrogens is 324 g/mol. The molecular formula is C22H32N2O2. The third-order valence-corrected chi connectivity index (χ3v) is 6.92. The average molecular weight is 357 g/mol. The molecule has 1 aromatic rings. The van der Waals surface area contributed by atoms with Crippen molar-refractivity contribution >= 4 is 11.6 Å². The van der Waals surface area contributed by atoms with Crippen molar-refractivity contribution in [3.05, 3.63) is 29.8 Å². The maximum atomic E-state index is 13.0. The SMILES string of the molecule is CC1CCC(NC(=O)C(C)N2CC3(CCOCC3)c3ccccc32)CC1. The molecule has 1 saturated heterocycles. The van der Waals surface area contributed by atoms with Crippen LogP contribution in [0.4, 0.5) is 5.69 Å². The lowest BCUT2D eigenvalue weighted by Crippen LogP contribution is -2.50. The van der Waals surface area contributed by atoms with Crippen molar-refractivity contribution in [1.82, 2.24) is 5.32 Å². The average Bonchev–Trinajstić information content (AvgIpc) is 2.98. The summed E-state index contributed by atoms with van der Waals surface area (Å²) in [6.45, 7) is 6.96. The molecule has 3 aliphatic rings. The van der Waals surface area contributed by atoms with Gasteiger partial charge >= 0.3 is 0 Å². The number of carbonyl (C=O) groups excluding carboxylic acids is 1. The van der Waals surface area contributed by atoms with E-state index in [9.17, 15) is 4.79 Å². The van der Waals surface area contributed by atoms with Crippen molar-refractivity contribution in [3.63, 3.8) is 0 Å². The summed E-state index contributed by atoms with van der Waals surface area (Å²) in [5, 5.41) is 3.33. The van der Waals surface area contributed by atoms with Gasteiger partial charge in [0.15, 0.2) is 0 Å². The maximum absolute atomic E-state index is 13.0. The fraction of sp³-hybridized carbons (Fsp3) is 0.682. The predicted molar refractivity (Wildman–Crippen MR) is 105 cm³/mol. The molecule has 1 aliphatic carbocycles. The van der Waals surface area contributed by atoms with Gasteiger partial charge in [0.05, 0.1) is 0 Å². The number of amides is 1. The highest BCUT2D eigenvalue weighted by atomic mass is 16.5. The van der Waals surface area contributed by atoms with Gasteiger partial charge < -0.3 is 15.0 Å². The zero-order valence-corrected chi connectivity index (χ0v) is 16.2. The second-order valence-corrected chi connectivity index (χ2v) is 8.68. The number of anilines is 1. The Labute approximate surface area is 157 Å². The largest absolute Gasteiger partial charge is 0.381 e. The Hall–Kier alpha value is -1.55.